The summed E-state index contributed by atoms with van der Waals surface area (Å²) < 4.78 is 5.21. The molecule has 1 aromatic heterocycles. The minimum absolute atomic E-state index is 0.156. The lowest BCUT2D eigenvalue weighted by Gasteiger charge is -2.08. The van der Waals surface area contributed by atoms with E-state index in [1.54, 1.807) is 12.1 Å². The van der Waals surface area contributed by atoms with E-state index in [-0.39, 0.29) is 5.76 Å². The minimum Gasteiger partial charge on any atom is -0.454 e. The number of nitrogens with two attached hydrogens (primary N) is 1. The van der Waals surface area contributed by atoms with Crippen molar-refractivity contribution >= 4 is 11.9 Å². The standard InChI is InChI=1S/C11H18N4O2/c1-3-13-11(14-4-2)15-7-8-5-6-9(17-8)10(12)16/h5-6H,3-4,7H2,1-2H3,(H2,12,16)(H2,13,14,15). The average molecular weight is 238 g/mol. The van der Waals surface area contributed by atoms with Gasteiger partial charge in [-0.25, -0.2) is 4.99 Å². The molecule has 0 bridgehead atoms. The quantitative estimate of drug-likeness (QED) is 0.513. The minimum atomic E-state index is -0.571. The van der Waals surface area contributed by atoms with Crippen molar-refractivity contribution in [3.8, 4) is 0 Å². The third-order valence-electron chi connectivity index (χ3n) is 1.99. The van der Waals surface area contributed by atoms with Crippen molar-refractivity contribution in [2.45, 2.75) is 20.4 Å². The van der Waals surface area contributed by atoms with Crippen LogP contribution in [0.4, 0.5) is 0 Å². The fraction of sp³-hybridized carbons (Fsp3) is 0.455. The second-order valence-electron chi connectivity index (χ2n) is 3.36. The fourth-order valence-electron chi connectivity index (χ4n) is 1.26. The Labute approximate surface area is 100 Å². The zero-order valence-electron chi connectivity index (χ0n) is 10.1. The molecule has 94 valence electrons. The van der Waals surface area contributed by atoms with E-state index in [1.165, 1.54) is 0 Å². The van der Waals surface area contributed by atoms with Crippen LogP contribution in [0.15, 0.2) is 21.5 Å². The van der Waals surface area contributed by atoms with E-state index in [0.717, 1.165) is 13.1 Å². The van der Waals surface area contributed by atoms with Crippen LogP contribution in [-0.4, -0.2) is 25.0 Å². The van der Waals surface area contributed by atoms with Gasteiger partial charge in [0.15, 0.2) is 11.7 Å². The third kappa shape index (κ3) is 4.18. The van der Waals surface area contributed by atoms with Crippen LogP contribution in [0.3, 0.4) is 0 Å². The van der Waals surface area contributed by atoms with E-state index in [9.17, 15) is 4.79 Å². The first-order chi connectivity index (χ1) is 8.17. The summed E-state index contributed by atoms with van der Waals surface area (Å²) in [4.78, 5) is 15.1. The number of aliphatic imine (C=N–C) groups is 1. The van der Waals surface area contributed by atoms with Crippen molar-refractivity contribution in [1.82, 2.24) is 10.6 Å². The first-order valence-corrected chi connectivity index (χ1v) is 5.58. The Hall–Kier alpha value is -1.98. The Morgan fingerprint density at radius 2 is 2.00 bits per heavy atom. The van der Waals surface area contributed by atoms with Crippen LogP contribution in [0.1, 0.15) is 30.2 Å². The van der Waals surface area contributed by atoms with Gasteiger partial charge in [0.25, 0.3) is 5.91 Å². The number of primary amides is 1. The van der Waals surface area contributed by atoms with Gasteiger partial charge in [-0.05, 0) is 26.0 Å². The molecule has 0 saturated carbocycles. The van der Waals surface area contributed by atoms with Crippen molar-refractivity contribution in [1.29, 1.82) is 0 Å². The number of carbonyl (C=O) groups excluding carboxylic acids is 1. The van der Waals surface area contributed by atoms with Gasteiger partial charge in [-0.3, -0.25) is 4.79 Å². The number of guanidine groups is 1. The van der Waals surface area contributed by atoms with E-state index in [1.807, 2.05) is 13.8 Å². The lowest BCUT2D eigenvalue weighted by Crippen LogP contribution is -2.36. The highest BCUT2D eigenvalue weighted by Crippen LogP contribution is 2.08. The van der Waals surface area contributed by atoms with Crippen LogP contribution in [0.2, 0.25) is 0 Å². The molecule has 0 aliphatic carbocycles. The van der Waals surface area contributed by atoms with E-state index < -0.39 is 5.91 Å². The summed E-state index contributed by atoms with van der Waals surface area (Å²) in [6.07, 6.45) is 0. The highest BCUT2D eigenvalue weighted by Gasteiger charge is 2.06. The second-order valence-corrected chi connectivity index (χ2v) is 3.36. The topological polar surface area (TPSA) is 92.6 Å². The summed E-state index contributed by atoms with van der Waals surface area (Å²) in [5.41, 5.74) is 5.09. The summed E-state index contributed by atoms with van der Waals surface area (Å²) in [6.45, 7) is 5.92. The van der Waals surface area contributed by atoms with Crippen LogP contribution in [0, 0.1) is 0 Å². The number of nitrogens with one attached hydrogen (secondary N) is 2. The zero-order valence-corrected chi connectivity index (χ0v) is 10.1. The Kier molecular flexibility index (Phi) is 5.06. The van der Waals surface area contributed by atoms with Gasteiger partial charge < -0.3 is 20.8 Å². The molecule has 1 aromatic rings. The van der Waals surface area contributed by atoms with Crippen molar-refractivity contribution < 1.29 is 9.21 Å². The van der Waals surface area contributed by atoms with Crippen LogP contribution in [0.5, 0.6) is 0 Å². The average Bonchev–Trinajstić information content (AvgIpc) is 2.75. The van der Waals surface area contributed by atoms with Gasteiger partial charge in [0.05, 0.1) is 0 Å². The summed E-state index contributed by atoms with van der Waals surface area (Å²) in [6, 6.07) is 3.24. The second kappa shape index (κ2) is 6.57. The van der Waals surface area contributed by atoms with Gasteiger partial charge in [0.2, 0.25) is 0 Å². The Balaban J connectivity index is 2.62. The maximum absolute atomic E-state index is 10.8. The van der Waals surface area contributed by atoms with Gasteiger partial charge in [0, 0.05) is 13.1 Å². The molecule has 1 amide bonds. The van der Waals surface area contributed by atoms with Crippen LogP contribution < -0.4 is 16.4 Å². The number of nitrogens with zero attached hydrogens (tertiary/aromatic N) is 1. The molecule has 17 heavy (non-hydrogen) atoms. The first-order valence-electron chi connectivity index (χ1n) is 5.58. The molecule has 0 fully saturated rings. The normalized spacial score (nSPS) is 9.76. The summed E-state index contributed by atoms with van der Waals surface area (Å²) in [5, 5.41) is 6.18. The molecule has 0 atom stereocenters. The number of rotatable bonds is 5. The molecule has 6 heteroatoms. The van der Waals surface area contributed by atoms with Gasteiger partial charge in [-0.15, -0.1) is 0 Å². The number of hydrogen-bond donors (Lipinski definition) is 3. The lowest BCUT2D eigenvalue weighted by atomic mass is 10.4. The SMILES string of the molecule is CCNC(=NCc1ccc(C(N)=O)o1)NCC. The third-order valence-corrected chi connectivity index (χ3v) is 1.99. The van der Waals surface area contributed by atoms with Gasteiger partial charge >= 0.3 is 0 Å². The predicted molar refractivity (Wildman–Crippen MR) is 65.7 cm³/mol. The summed E-state index contributed by atoms with van der Waals surface area (Å²) in [7, 11) is 0. The molecule has 0 aliphatic heterocycles. The number of furan rings is 1. The van der Waals surface area contributed by atoms with E-state index in [4.69, 9.17) is 10.2 Å². The largest absolute Gasteiger partial charge is 0.454 e. The van der Waals surface area contributed by atoms with Crippen molar-refractivity contribution in [2.75, 3.05) is 13.1 Å². The smallest absolute Gasteiger partial charge is 0.284 e. The molecule has 0 aromatic carbocycles. The molecule has 1 heterocycles. The van der Waals surface area contributed by atoms with Crippen molar-refractivity contribution in [3.63, 3.8) is 0 Å². The molecule has 4 N–H and O–H groups in total. The van der Waals surface area contributed by atoms with E-state index in [0.29, 0.717) is 18.3 Å². The molecule has 0 radical (unpaired) electrons. The Morgan fingerprint density at radius 3 is 2.47 bits per heavy atom. The maximum Gasteiger partial charge on any atom is 0.284 e. The number of amides is 1. The van der Waals surface area contributed by atoms with Crippen LogP contribution in [-0.2, 0) is 6.54 Å². The molecule has 0 aliphatic rings. The molecular weight excluding hydrogens is 220 g/mol. The highest BCUT2D eigenvalue weighted by atomic mass is 16.3. The highest BCUT2D eigenvalue weighted by molar-refractivity contribution is 5.89. The Morgan fingerprint density at radius 1 is 1.35 bits per heavy atom. The molecule has 6 nitrogen and oxygen atoms in total. The lowest BCUT2D eigenvalue weighted by molar-refractivity contribution is 0.0972. The maximum atomic E-state index is 10.8. The fourth-order valence-corrected chi connectivity index (χ4v) is 1.26. The summed E-state index contributed by atoms with van der Waals surface area (Å²) >= 11 is 0. The molecule has 1 rings (SSSR count). The molecule has 0 spiro atoms. The van der Waals surface area contributed by atoms with Gasteiger partial charge in [-0.1, -0.05) is 0 Å². The van der Waals surface area contributed by atoms with Crippen molar-refractivity contribution in [2.24, 2.45) is 10.7 Å². The molecule has 0 unspecified atom stereocenters. The predicted octanol–water partition coefficient (Wildman–Crippen LogP) is 0.453. The summed E-state index contributed by atoms with van der Waals surface area (Å²) in [5.74, 6) is 0.904. The van der Waals surface area contributed by atoms with Gasteiger partial charge in [0.1, 0.15) is 12.3 Å². The van der Waals surface area contributed by atoms with Crippen LogP contribution in [0.25, 0.3) is 0 Å². The zero-order chi connectivity index (χ0) is 12.7. The number of carbonyl (C=O) groups is 1. The monoisotopic (exact) mass is 238 g/mol. The van der Waals surface area contributed by atoms with Crippen LogP contribution >= 0.6 is 0 Å². The Bertz CT molecular complexity index is 390. The molecular formula is C11H18N4O2. The van der Waals surface area contributed by atoms with Gasteiger partial charge in [-0.2, -0.15) is 0 Å². The van der Waals surface area contributed by atoms with Crippen molar-refractivity contribution in [3.05, 3.63) is 23.7 Å². The van der Waals surface area contributed by atoms with E-state index >= 15 is 0 Å². The molecule has 0 saturated heterocycles. The number of hydrogen-bond acceptors (Lipinski definition) is 3. The van der Waals surface area contributed by atoms with E-state index in [2.05, 4.69) is 15.6 Å². The first kappa shape index (κ1) is 13.1.